The number of carbonyl (C=O) groups is 2. The van der Waals surface area contributed by atoms with Crippen LogP contribution in [0.2, 0.25) is 0 Å². The molecule has 82 valence electrons. The largest absolute Gasteiger partial charge is 0.348 e. The number of hydrogen-bond donors (Lipinski definition) is 2. The third-order valence-corrected chi connectivity index (χ3v) is 2.32. The van der Waals surface area contributed by atoms with E-state index in [0.717, 1.165) is 6.42 Å². The van der Waals surface area contributed by atoms with Crippen molar-refractivity contribution in [1.29, 1.82) is 0 Å². The van der Waals surface area contributed by atoms with Gasteiger partial charge in [-0.2, -0.15) is 0 Å². The van der Waals surface area contributed by atoms with Crippen LogP contribution in [0.5, 0.6) is 0 Å². The summed E-state index contributed by atoms with van der Waals surface area (Å²) >= 11 is 0. The van der Waals surface area contributed by atoms with Crippen molar-refractivity contribution < 1.29 is 9.59 Å². The summed E-state index contributed by atoms with van der Waals surface area (Å²) < 4.78 is 0. The SMILES string of the molecule is CCC(C)[C@@H](NC)C(=O)NCC(C)=O. The van der Waals surface area contributed by atoms with Gasteiger partial charge in [0.2, 0.25) is 5.91 Å². The molecule has 2 N–H and O–H groups in total. The van der Waals surface area contributed by atoms with Crippen molar-refractivity contribution >= 4 is 11.7 Å². The molecule has 1 unspecified atom stereocenters. The Bertz CT molecular complexity index is 204. The van der Waals surface area contributed by atoms with Gasteiger partial charge in [0, 0.05) is 0 Å². The van der Waals surface area contributed by atoms with Gasteiger partial charge in [0.05, 0.1) is 12.6 Å². The van der Waals surface area contributed by atoms with Crippen molar-refractivity contribution in [2.24, 2.45) is 5.92 Å². The number of nitrogens with one attached hydrogen (secondary N) is 2. The zero-order valence-corrected chi connectivity index (χ0v) is 9.39. The summed E-state index contributed by atoms with van der Waals surface area (Å²) in [6.07, 6.45) is 0.930. The van der Waals surface area contributed by atoms with E-state index >= 15 is 0 Å². The predicted molar refractivity (Wildman–Crippen MR) is 56.0 cm³/mol. The molecule has 0 rings (SSSR count). The van der Waals surface area contributed by atoms with Crippen LogP contribution in [0.1, 0.15) is 27.2 Å². The second kappa shape index (κ2) is 6.54. The molecule has 0 aromatic heterocycles. The average Bonchev–Trinajstić information content (AvgIpc) is 2.15. The summed E-state index contributed by atoms with van der Waals surface area (Å²) in [5.41, 5.74) is 0. The fourth-order valence-electron chi connectivity index (χ4n) is 1.23. The molecule has 0 spiro atoms. The van der Waals surface area contributed by atoms with E-state index in [1.807, 2.05) is 13.8 Å². The van der Waals surface area contributed by atoms with E-state index < -0.39 is 0 Å². The molecule has 0 fully saturated rings. The second-order valence-electron chi connectivity index (χ2n) is 3.57. The Hall–Kier alpha value is -0.900. The molecule has 0 aromatic rings. The van der Waals surface area contributed by atoms with Gasteiger partial charge in [0.1, 0.15) is 5.78 Å². The zero-order valence-electron chi connectivity index (χ0n) is 9.39. The highest BCUT2D eigenvalue weighted by Gasteiger charge is 2.21. The van der Waals surface area contributed by atoms with Crippen LogP contribution in [0.3, 0.4) is 0 Å². The van der Waals surface area contributed by atoms with Crippen LogP contribution in [0.25, 0.3) is 0 Å². The smallest absolute Gasteiger partial charge is 0.237 e. The number of hydrogen-bond acceptors (Lipinski definition) is 3. The van der Waals surface area contributed by atoms with Crippen LogP contribution in [0.4, 0.5) is 0 Å². The van der Waals surface area contributed by atoms with E-state index in [-0.39, 0.29) is 30.2 Å². The van der Waals surface area contributed by atoms with Crippen LogP contribution < -0.4 is 10.6 Å². The van der Waals surface area contributed by atoms with Crippen LogP contribution in [-0.4, -0.2) is 31.3 Å². The molecule has 14 heavy (non-hydrogen) atoms. The minimum Gasteiger partial charge on any atom is -0.348 e. The molecule has 1 amide bonds. The Balaban J connectivity index is 4.10. The van der Waals surface area contributed by atoms with E-state index in [2.05, 4.69) is 10.6 Å². The van der Waals surface area contributed by atoms with E-state index in [1.54, 1.807) is 7.05 Å². The number of Topliss-reactive ketones (excluding diaryl/α,β-unsaturated/α-hetero) is 1. The fourth-order valence-corrected chi connectivity index (χ4v) is 1.23. The topological polar surface area (TPSA) is 58.2 Å². The molecule has 0 aliphatic heterocycles. The lowest BCUT2D eigenvalue weighted by atomic mass is 9.98. The van der Waals surface area contributed by atoms with Gasteiger partial charge < -0.3 is 10.6 Å². The van der Waals surface area contributed by atoms with Crippen molar-refractivity contribution in [2.45, 2.75) is 33.2 Å². The molecule has 0 radical (unpaired) electrons. The Morgan fingerprint density at radius 2 is 1.93 bits per heavy atom. The van der Waals surface area contributed by atoms with E-state index in [9.17, 15) is 9.59 Å². The Kier molecular flexibility index (Phi) is 6.12. The molecule has 0 saturated carbocycles. The van der Waals surface area contributed by atoms with Crippen LogP contribution in [0, 0.1) is 5.92 Å². The van der Waals surface area contributed by atoms with Crippen LogP contribution >= 0.6 is 0 Å². The van der Waals surface area contributed by atoms with Gasteiger partial charge in [-0.3, -0.25) is 9.59 Å². The van der Waals surface area contributed by atoms with E-state index in [1.165, 1.54) is 6.92 Å². The van der Waals surface area contributed by atoms with Gasteiger partial charge in [-0.25, -0.2) is 0 Å². The summed E-state index contributed by atoms with van der Waals surface area (Å²) in [4.78, 5) is 22.2. The number of likely N-dealkylation sites (N-methyl/N-ethyl adjacent to an activating group) is 1. The molecule has 0 saturated heterocycles. The lowest BCUT2D eigenvalue weighted by Gasteiger charge is -2.21. The maximum atomic E-state index is 11.6. The molecule has 0 aliphatic carbocycles. The standard InChI is InChI=1S/C10H20N2O2/c1-5-7(2)9(11-4)10(14)12-6-8(3)13/h7,9,11H,5-6H2,1-4H3,(H,12,14)/t7?,9-/m1/s1. The molecule has 0 aromatic carbocycles. The molecule has 4 nitrogen and oxygen atoms in total. The number of carbonyl (C=O) groups excluding carboxylic acids is 2. The minimum atomic E-state index is -0.209. The summed E-state index contributed by atoms with van der Waals surface area (Å²) in [6.45, 7) is 5.62. The summed E-state index contributed by atoms with van der Waals surface area (Å²) in [7, 11) is 1.75. The zero-order chi connectivity index (χ0) is 11.1. The summed E-state index contributed by atoms with van der Waals surface area (Å²) in [5, 5.41) is 5.55. The van der Waals surface area contributed by atoms with Crippen molar-refractivity contribution in [2.75, 3.05) is 13.6 Å². The van der Waals surface area contributed by atoms with Crippen molar-refractivity contribution in [3.8, 4) is 0 Å². The van der Waals surface area contributed by atoms with Crippen molar-refractivity contribution in [3.63, 3.8) is 0 Å². The van der Waals surface area contributed by atoms with Crippen LogP contribution in [-0.2, 0) is 9.59 Å². The van der Waals surface area contributed by atoms with Crippen molar-refractivity contribution in [1.82, 2.24) is 10.6 Å². The quantitative estimate of drug-likeness (QED) is 0.649. The third kappa shape index (κ3) is 4.37. The molecule has 2 atom stereocenters. The lowest BCUT2D eigenvalue weighted by Crippen LogP contribution is -2.47. The molecule has 0 heterocycles. The summed E-state index contributed by atoms with van der Waals surface area (Å²) in [6, 6.07) is -0.209. The summed E-state index contributed by atoms with van der Waals surface area (Å²) in [5.74, 6) is 0.140. The normalized spacial score (nSPS) is 14.6. The molecular formula is C10H20N2O2. The van der Waals surface area contributed by atoms with E-state index in [4.69, 9.17) is 0 Å². The highest BCUT2D eigenvalue weighted by Crippen LogP contribution is 2.06. The van der Waals surface area contributed by atoms with Gasteiger partial charge >= 0.3 is 0 Å². The van der Waals surface area contributed by atoms with Gasteiger partial charge in [-0.05, 0) is 19.9 Å². The van der Waals surface area contributed by atoms with Gasteiger partial charge in [0.15, 0.2) is 0 Å². The Morgan fingerprint density at radius 1 is 1.36 bits per heavy atom. The Morgan fingerprint density at radius 3 is 2.29 bits per heavy atom. The molecule has 0 bridgehead atoms. The maximum Gasteiger partial charge on any atom is 0.237 e. The molecule has 4 heteroatoms. The van der Waals surface area contributed by atoms with Crippen molar-refractivity contribution in [3.05, 3.63) is 0 Å². The van der Waals surface area contributed by atoms with Gasteiger partial charge in [-0.1, -0.05) is 20.3 Å². The first-order chi connectivity index (χ1) is 6.52. The highest BCUT2D eigenvalue weighted by molar-refractivity contribution is 5.87. The van der Waals surface area contributed by atoms with Gasteiger partial charge in [0.25, 0.3) is 0 Å². The molecule has 0 aliphatic rings. The highest BCUT2D eigenvalue weighted by atomic mass is 16.2. The first-order valence-electron chi connectivity index (χ1n) is 4.97. The Labute approximate surface area is 85.4 Å². The number of rotatable bonds is 6. The fraction of sp³-hybridized carbons (Fsp3) is 0.800. The third-order valence-electron chi connectivity index (χ3n) is 2.32. The second-order valence-corrected chi connectivity index (χ2v) is 3.57. The van der Waals surface area contributed by atoms with Crippen LogP contribution in [0.15, 0.2) is 0 Å². The number of amides is 1. The predicted octanol–water partition coefficient (Wildman–Crippen LogP) is 0.326. The lowest BCUT2D eigenvalue weighted by molar-refractivity contribution is -0.126. The first kappa shape index (κ1) is 13.1. The average molecular weight is 200 g/mol. The maximum absolute atomic E-state index is 11.6. The van der Waals surface area contributed by atoms with E-state index in [0.29, 0.717) is 0 Å². The number of ketones is 1. The minimum absolute atomic E-state index is 0.0302. The first-order valence-corrected chi connectivity index (χ1v) is 4.97. The van der Waals surface area contributed by atoms with Gasteiger partial charge in [-0.15, -0.1) is 0 Å². The monoisotopic (exact) mass is 200 g/mol. The molecular weight excluding hydrogens is 180 g/mol.